The van der Waals surface area contributed by atoms with Crippen LogP contribution in [0.25, 0.3) is 6.08 Å². The molecule has 6 rings (SSSR count). The normalized spacial score (nSPS) is 42.5. The summed E-state index contributed by atoms with van der Waals surface area (Å²) in [5.74, 6) is -1.50. The minimum absolute atomic E-state index is 0.0196. The lowest BCUT2D eigenvalue weighted by Crippen LogP contribution is -2.68. The molecule has 0 amide bonds. The van der Waals surface area contributed by atoms with Crippen molar-refractivity contribution in [1.29, 1.82) is 0 Å². The summed E-state index contributed by atoms with van der Waals surface area (Å²) in [6.45, 7) is 8.89. The van der Waals surface area contributed by atoms with Gasteiger partial charge in [-0.05, 0) is 64.6 Å². The molecule has 5 aliphatic rings. The Morgan fingerprint density at radius 2 is 2.12 bits per heavy atom. The molecule has 0 N–H and O–H groups in total. The van der Waals surface area contributed by atoms with E-state index >= 15 is 0 Å². The number of carbonyl (C=O) groups excluding carboxylic acids is 3. The van der Waals surface area contributed by atoms with Crippen LogP contribution in [-0.2, 0) is 23.9 Å². The van der Waals surface area contributed by atoms with E-state index in [2.05, 4.69) is 32.6 Å². The number of allylic oxidation sites excluding steroid dienone is 1. The zero-order valence-electron chi connectivity index (χ0n) is 18.9. The lowest BCUT2D eigenvalue weighted by molar-refractivity contribution is -0.187. The van der Waals surface area contributed by atoms with Crippen LogP contribution in [0.5, 0.6) is 0 Å². The summed E-state index contributed by atoms with van der Waals surface area (Å²) >= 11 is 1.54. The average molecular weight is 465 g/mol. The fraction of sp³-hybridized carbons (Fsp3) is 0.519. The molecule has 4 fully saturated rings. The van der Waals surface area contributed by atoms with Crippen LogP contribution in [0.15, 0.2) is 47.2 Å². The van der Waals surface area contributed by atoms with Gasteiger partial charge in [0, 0.05) is 23.3 Å². The molecule has 1 aromatic rings. The van der Waals surface area contributed by atoms with Crippen LogP contribution in [0.1, 0.15) is 38.7 Å². The highest BCUT2D eigenvalue weighted by molar-refractivity contribution is 7.08. The molecule has 5 nitrogen and oxygen atoms in total. The number of hydrogen-bond donors (Lipinski definition) is 0. The fourth-order valence-corrected chi connectivity index (χ4v) is 8.53. The van der Waals surface area contributed by atoms with Crippen LogP contribution in [0, 0.1) is 34.0 Å². The Bertz CT molecular complexity index is 1130. The van der Waals surface area contributed by atoms with Crippen LogP contribution in [-0.4, -0.2) is 36.4 Å². The summed E-state index contributed by atoms with van der Waals surface area (Å²) in [5.41, 5.74) is -0.558. The monoisotopic (exact) mass is 464 g/mol. The Morgan fingerprint density at radius 3 is 2.88 bits per heavy atom. The fourth-order valence-electron chi connectivity index (χ4n) is 7.91. The molecule has 33 heavy (non-hydrogen) atoms. The SMILES string of the molecule is C=C1C(=O)[C@@]23C(=O)[C@@H]4OC[C@]5(C=CCC(C)(C)[C@@H]45)[C@@H]2CC[C@@H]1[C@H]3OC(=O)/C=C/c1ccsc1. The van der Waals surface area contributed by atoms with Crippen molar-refractivity contribution in [1.82, 2.24) is 0 Å². The number of fused-ring (bicyclic) bond motifs is 1. The summed E-state index contributed by atoms with van der Waals surface area (Å²) in [5, 5.41) is 3.87. The third-order valence-corrected chi connectivity index (χ3v) is 9.77. The third kappa shape index (κ3) is 2.54. The Labute approximate surface area is 197 Å². The van der Waals surface area contributed by atoms with Gasteiger partial charge in [0.25, 0.3) is 0 Å². The van der Waals surface area contributed by atoms with Gasteiger partial charge < -0.3 is 9.47 Å². The number of ketones is 2. The molecule has 1 saturated heterocycles. The standard InChI is InChI=1S/C27H28O5S/c1-15-17-6-7-18-26-11-4-10-25(2,3)21(26)20(31-14-26)23(30)27(18,22(15)29)24(17)32-19(28)8-5-16-9-12-33-13-16/h4-5,8-9,11-13,17-18,20-21,24H,1,6-7,10,14H2,2-3H3/b8-5+/t17-,18-,20+,21+,24+,26+,27+/m0/s1. The molecular weight excluding hydrogens is 436 g/mol. The summed E-state index contributed by atoms with van der Waals surface area (Å²) in [4.78, 5) is 40.9. The number of carbonyl (C=O) groups is 3. The molecule has 6 heteroatoms. The molecule has 2 heterocycles. The predicted molar refractivity (Wildman–Crippen MR) is 124 cm³/mol. The zero-order valence-corrected chi connectivity index (χ0v) is 19.7. The molecule has 0 unspecified atom stereocenters. The number of hydrogen-bond acceptors (Lipinski definition) is 6. The topological polar surface area (TPSA) is 69.7 Å². The molecule has 1 spiro atoms. The second-order valence-corrected chi connectivity index (χ2v) is 11.8. The quantitative estimate of drug-likeness (QED) is 0.287. The van der Waals surface area contributed by atoms with E-state index in [1.165, 1.54) is 6.08 Å². The first-order valence-electron chi connectivity index (χ1n) is 11.7. The van der Waals surface area contributed by atoms with Crippen molar-refractivity contribution in [2.24, 2.45) is 34.0 Å². The van der Waals surface area contributed by atoms with E-state index in [9.17, 15) is 14.4 Å². The van der Waals surface area contributed by atoms with E-state index in [1.807, 2.05) is 16.8 Å². The number of esters is 1. The maximum atomic E-state index is 14.2. The van der Waals surface area contributed by atoms with Gasteiger partial charge in [0.15, 0.2) is 11.6 Å². The lowest BCUT2D eigenvalue weighted by atomic mass is 9.41. The number of Topliss-reactive ketones (excluding diaryl/α,β-unsaturated/α-hetero) is 2. The summed E-state index contributed by atoms with van der Waals surface area (Å²) in [7, 11) is 0. The first-order chi connectivity index (χ1) is 15.7. The summed E-state index contributed by atoms with van der Waals surface area (Å²) in [6.07, 6.45) is 8.31. The summed E-state index contributed by atoms with van der Waals surface area (Å²) < 4.78 is 12.2. The van der Waals surface area contributed by atoms with Gasteiger partial charge in [-0.15, -0.1) is 0 Å². The largest absolute Gasteiger partial charge is 0.457 e. The first-order valence-corrected chi connectivity index (χ1v) is 12.7. The second-order valence-electron chi connectivity index (χ2n) is 11.0. The smallest absolute Gasteiger partial charge is 0.331 e. The molecule has 7 atom stereocenters. The Balaban J connectivity index is 1.44. The Morgan fingerprint density at radius 1 is 1.30 bits per heavy atom. The van der Waals surface area contributed by atoms with Crippen molar-refractivity contribution < 1.29 is 23.9 Å². The van der Waals surface area contributed by atoms with Crippen LogP contribution in [0.4, 0.5) is 0 Å². The third-order valence-electron chi connectivity index (χ3n) is 9.07. The van der Waals surface area contributed by atoms with Crippen LogP contribution < -0.4 is 0 Å². The molecule has 3 saturated carbocycles. The molecule has 1 aliphatic heterocycles. The molecule has 172 valence electrons. The van der Waals surface area contributed by atoms with E-state index < -0.39 is 29.0 Å². The first kappa shape index (κ1) is 21.2. The number of thiophene rings is 1. The van der Waals surface area contributed by atoms with Gasteiger partial charge in [0.1, 0.15) is 17.6 Å². The van der Waals surface area contributed by atoms with E-state index in [-0.39, 0.29) is 34.7 Å². The zero-order chi connectivity index (χ0) is 23.2. The van der Waals surface area contributed by atoms with E-state index in [0.717, 1.165) is 18.4 Å². The van der Waals surface area contributed by atoms with Crippen molar-refractivity contribution in [3.05, 3.63) is 52.8 Å². The van der Waals surface area contributed by atoms with E-state index in [1.54, 1.807) is 17.4 Å². The predicted octanol–water partition coefficient (Wildman–Crippen LogP) is 4.39. The van der Waals surface area contributed by atoms with E-state index in [4.69, 9.17) is 9.47 Å². The minimum Gasteiger partial charge on any atom is -0.457 e. The number of rotatable bonds is 3. The van der Waals surface area contributed by atoms with Crippen molar-refractivity contribution >= 4 is 34.9 Å². The molecular formula is C27H28O5S. The highest BCUT2D eigenvalue weighted by Gasteiger charge is 2.80. The van der Waals surface area contributed by atoms with Gasteiger partial charge in [0.05, 0.1) is 6.61 Å². The van der Waals surface area contributed by atoms with Gasteiger partial charge in [-0.3, -0.25) is 9.59 Å². The summed E-state index contributed by atoms with van der Waals surface area (Å²) in [6, 6.07) is 1.91. The van der Waals surface area contributed by atoms with Crippen molar-refractivity contribution in [2.75, 3.05) is 6.61 Å². The minimum atomic E-state index is -1.39. The highest BCUT2D eigenvalue weighted by Crippen LogP contribution is 2.71. The van der Waals surface area contributed by atoms with Crippen molar-refractivity contribution in [3.63, 3.8) is 0 Å². The maximum absolute atomic E-state index is 14.2. The maximum Gasteiger partial charge on any atom is 0.331 e. The average Bonchev–Trinajstić information content (AvgIpc) is 3.45. The molecule has 4 bridgehead atoms. The van der Waals surface area contributed by atoms with Gasteiger partial charge in [-0.25, -0.2) is 4.79 Å². The van der Waals surface area contributed by atoms with E-state index in [0.29, 0.717) is 18.6 Å². The van der Waals surface area contributed by atoms with Gasteiger partial charge in [0.2, 0.25) is 0 Å². The van der Waals surface area contributed by atoms with Crippen LogP contribution in [0.2, 0.25) is 0 Å². The Hall–Kier alpha value is -2.31. The Kier molecular flexibility index (Phi) is 4.41. The van der Waals surface area contributed by atoms with Gasteiger partial charge in [-0.1, -0.05) is 32.6 Å². The van der Waals surface area contributed by atoms with Crippen molar-refractivity contribution in [3.8, 4) is 0 Å². The van der Waals surface area contributed by atoms with Gasteiger partial charge >= 0.3 is 5.97 Å². The van der Waals surface area contributed by atoms with Crippen LogP contribution in [0.3, 0.4) is 0 Å². The van der Waals surface area contributed by atoms with Gasteiger partial charge in [-0.2, -0.15) is 11.3 Å². The lowest BCUT2D eigenvalue weighted by Gasteiger charge is -2.59. The molecule has 0 radical (unpaired) electrons. The molecule has 1 aromatic heterocycles. The second kappa shape index (κ2) is 6.86. The number of ether oxygens (including phenoxy) is 2. The molecule has 0 aromatic carbocycles. The van der Waals surface area contributed by atoms with Crippen molar-refractivity contribution in [2.45, 2.75) is 45.3 Å². The highest BCUT2D eigenvalue weighted by atomic mass is 32.1. The van der Waals surface area contributed by atoms with Crippen LogP contribution >= 0.6 is 11.3 Å². The molecule has 4 aliphatic carbocycles.